The minimum atomic E-state index is 0.365. The highest BCUT2D eigenvalue weighted by molar-refractivity contribution is 7.10. The lowest BCUT2D eigenvalue weighted by molar-refractivity contribution is 0.625. The molecule has 2 rings (SSSR count). The summed E-state index contributed by atoms with van der Waals surface area (Å²) in [6.45, 7) is 5.41. The number of hydrogen-bond donors (Lipinski definition) is 1. The molecule has 4 nitrogen and oxygen atoms in total. The molecule has 2 N–H and O–H groups in total. The van der Waals surface area contributed by atoms with E-state index in [2.05, 4.69) is 29.2 Å². The average Bonchev–Trinajstić information content (AvgIpc) is 2.69. The smallest absolute Gasteiger partial charge is 0.157 e. The molecule has 2 atom stereocenters. The molecule has 1 saturated heterocycles. The van der Waals surface area contributed by atoms with E-state index in [9.17, 15) is 0 Å². The third kappa shape index (κ3) is 1.65. The van der Waals surface area contributed by atoms with Crippen LogP contribution in [0.25, 0.3) is 0 Å². The molecular formula is C10H14N4S. The number of anilines is 2. The summed E-state index contributed by atoms with van der Waals surface area (Å²) in [7, 11) is 0. The van der Waals surface area contributed by atoms with Gasteiger partial charge in [0.15, 0.2) is 5.82 Å². The number of nitriles is 1. The van der Waals surface area contributed by atoms with Crippen LogP contribution in [0.4, 0.5) is 10.8 Å². The lowest BCUT2D eigenvalue weighted by Crippen LogP contribution is -2.26. The van der Waals surface area contributed by atoms with Gasteiger partial charge in [-0.05, 0) is 30.8 Å². The van der Waals surface area contributed by atoms with Crippen molar-refractivity contribution in [2.45, 2.75) is 26.3 Å². The van der Waals surface area contributed by atoms with Crippen LogP contribution >= 0.6 is 11.5 Å². The first kappa shape index (κ1) is 10.2. The molecule has 0 amide bonds. The molecule has 1 aliphatic rings. The zero-order valence-electron chi connectivity index (χ0n) is 8.90. The Morgan fingerprint density at radius 2 is 2.33 bits per heavy atom. The Hall–Kier alpha value is -1.28. The third-order valence-corrected chi connectivity index (χ3v) is 3.76. The van der Waals surface area contributed by atoms with Crippen LogP contribution in [0.5, 0.6) is 0 Å². The van der Waals surface area contributed by atoms with Crippen LogP contribution in [0.15, 0.2) is 0 Å². The molecule has 0 bridgehead atoms. The number of aromatic nitrogens is 1. The summed E-state index contributed by atoms with van der Waals surface area (Å²) in [4.78, 5) is 2.25. The quantitative estimate of drug-likeness (QED) is 0.787. The number of hydrogen-bond acceptors (Lipinski definition) is 5. The van der Waals surface area contributed by atoms with Crippen molar-refractivity contribution in [3.05, 3.63) is 5.56 Å². The standard InChI is InChI=1S/C10H14N4S/c1-6-3-7(2)14(5-6)10-8(4-11)9(12)13-15-10/h6-7H,3,5H2,1-2H3,(H2,12,13). The van der Waals surface area contributed by atoms with Gasteiger partial charge in [0, 0.05) is 12.6 Å². The molecule has 1 aliphatic heterocycles. The van der Waals surface area contributed by atoms with Crippen molar-refractivity contribution in [3.63, 3.8) is 0 Å². The molecule has 2 heterocycles. The lowest BCUT2D eigenvalue weighted by Gasteiger charge is -2.21. The van der Waals surface area contributed by atoms with Crippen LogP contribution in [-0.4, -0.2) is 17.0 Å². The van der Waals surface area contributed by atoms with E-state index in [1.807, 2.05) is 0 Å². The van der Waals surface area contributed by atoms with E-state index in [-0.39, 0.29) is 0 Å². The molecule has 80 valence electrons. The van der Waals surface area contributed by atoms with E-state index in [1.165, 1.54) is 18.0 Å². The first-order valence-electron chi connectivity index (χ1n) is 5.05. The molecule has 1 aromatic heterocycles. The van der Waals surface area contributed by atoms with Gasteiger partial charge in [0.05, 0.1) is 0 Å². The molecule has 0 spiro atoms. The van der Waals surface area contributed by atoms with Gasteiger partial charge in [-0.2, -0.15) is 9.64 Å². The summed E-state index contributed by atoms with van der Waals surface area (Å²) < 4.78 is 4.05. The molecule has 1 aromatic rings. The van der Waals surface area contributed by atoms with Crippen LogP contribution in [0.2, 0.25) is 0 Å². The van der Waals surface area contributed by atoms with E-state index in [4.69, 9.17) is 11.0 Å². The van der Waals surface area contributed by atoms with Gasteiger partial charge in [-0.25, -0.2) is 0 Å². The topological polar surface area (TPSA) is 65.9 Å². The fraction of sp³-hybridized carbons (Fsp3) is 0.600. The van der Waals surface area contributed by atoms with Crippen molar-refractivity contribution in [1.29, 1.82) is 5.26 Å². The van der Waals surface area contributed by atoms with Crippen LogP contribution < -0.4 is 10.6 Å². The second-order valence-electron chi connectivity index (χ2n) is 4.20. The molecule has 0 radical (unpaired) electrons. The Morgan fingerprint density at radius 1 is 1.60 bits per heavy atom. The van der Waals surface area contributed by atoms with E-state index in [0.717, 1.165) is 11.5 Å². The minimum absolute atomic E-state index is 0.365. The summed E-state index contributed by atoms with van der Waals surface area (Å²) in [5.41, 5.74) is 6.19. The van der Waals surface area contributed by atoms with Crippen LogP contribution in [0.3, 0.4) is 0 Å². The fourth-order valence-corrected chi connectivity index (χ4v) is 3.05. The number of rotatable bonds is 1. The summed E-state index contributed by atoms with van der Waals surface area (Å²) in [6.07, 6.45) is 1.17. The Kier molecular flexibility index (Phi) is 2.53. The highest BCUT2D eigenvalue weighted by Gasteiger charge is 2.30. The maximum atomic E-state index is 9.01. The Morgan fingerprint density at radius 3 is 2.87 bits per heavy atom. The molecule has 5 heteroatoms. The van der Waals surface area contributed by atoms with Crippen LogP contribution in [-0.2, 0) is 0 Å². The summed E-state index contributed by atoms with van der Waals surface area (Å²) in [5, 5.41) is 9.95. The van der Waals surface area contributed by atoms with Crippen molar-refractivity contribution in [3.8, 4) is 6.07 Å². The molecule has 2 unspecified atom stereocenters. The van der Waals surface area contributed by atoms with Crippen molar-refractivity contribution >= 4 is 22.4 Å². The Balaban J connectivity index is 2.34. The van der Waals surface area contributed by atoms with Gasteiger partial charge in [-0.15, -0.1) is 0 Å². The SMILES string of the molecule is CC1CC(C)N(c2snc(N)c2C#N)C1. The predicted molar refractivity (Wildman–Crippen MR) is 61.8 cm³/mol. The highest BCUT2D eigenvalue weighted by Crippen LogP contribution is 2.36. The molecular weight excluding hydrogens is 208 g/mol. The van der Waals surface area contributed by atoms with Crippen LogP contribution in [0, 0.1) is 17.2 Å². The summed E-state index contributed by atoms with van der Waals surface area (Å²) >= 11 is 1.33. The molecule has 15 heavy (non-hydrogen) atoms. The zero-order valence-corrected chi connectivity index (χ0v) is 9.71. The van der Waals surface area contributed by atoms with Crippen molar-refractivity contribution in [1.82, 2.24) is 4.37 Å². The maximum absolute atomic E-state index is 9.01. The first-order valence-corrected chi connectivity index (χ1v) is 5.82. The van der Waals surface area contributed by atoms with Gasteiger partial charge in [-0.1, -0.05) is 6.92 Å². The molecule has 0 aliphatic carbocycles. The minimum Gasteiger partial charge on any atom is -0.382 e. The van der Waals surface area contributed by atoms with E-state index >= 15 is 0 Å². The third-order valence-electron chi connectivity index (χ3n) is 2.86. The van der Waals surface area contributed by atoms with Gasteiger partial charge >= 0.3 is 0 Å². The van der Waals surface area contributed by atoms with Crippen molar-refractivity contribution in [2.75, 3.05) is 17.2 Å². The first-order chi connectivity index (χ1) is 7.13. The van der Waals surface area contributed by atoms with Gasteiger partial charge in [-0.3, -0.25) is 0 Å². The molecule has 0 saturated carbocycles. The Bertz CT molecular complexity index is 406. The highest BCUT2D eigenvalue weighted by atomic mass is 32.1. The lowest BCUT2D eigenvalue weighted by atomic mass is 10.1. The van der Waals surface area contributed by atoms with E-state index in [0.29, 0.717) is 23.3 Å². The summed E-state index contributed by atoms with van der Waals surface area (Å²) in [6, 6.07) is 2.62. The van der Waals surface area contributed by atoms with Crippen molar-refractivity contribution < 1.29 is 0 Å². The Labute approximate surface area is 93.5 Å². The predicted octanol–water partition coefficient (Wildman–Crippen LogP) is 1.83. The molecule has 0 aromatic carbocycles. The zero-order chi connectivity index (χ0) is 11.0. The number of nitrogens with two attached hydrogens (primary N) is 1. The monoisotopic (exact) mass is 222 g/mol. The largest absolute Gasteiger partial charge is 0.382 e. The maximum Gasteiger partial charge on any atom is 0.157 e. The van der Waals surface area contributed by atoms with E-state index in [1.54, 1.807) is 0 Å². The normalized spacial score (nSPS) is 25.5. The van der Waals surface area contributed by atoms with Crippen molar-refractivity contribution in [2.24, 2.45) is 5.92 Å². The summed E-state index contributed by atoms with van der Waals surface area (Å²) in [5.74, 6) is 1.04. The van der Waals surface area contributed by atoms with Crippen LogP contribution in [0.1, 0.15) is 25.8 Å². The number of nitrogens with zero attached hydrogens (tertiary/aromatic N) is 3. The van der Waals surface area contributed by atoms with Gasteiger partial charge in [0.25, 0.3) is 0 Å². The second kappa shape index (κ2) is 3.70. The van der Waals surface area contributed by atoms with E-state index < -0.39 is 0 Å². The van der Waals surface area contributed by atoms with Gasteiger partial charge < -0.3 is 10.6 Å². The number of nitrogen functional groups attached to an aromatic ring is 1. The molecule has 1 fully saturated rings. The second-order valence-corrected chi connectivity index (χ2v) is 4.95. The fourth-order valence-electron chi connectivity index (χ4n) is 2.18. The van der Waals surface area contributed by atoms with Gasteiger partial charge in [0.2, 0.25) is 0 Å². The van der Waals surface area contributed by atoms with Gasteiger partial charge in [0.1, 0.15) is 16.6 Å². The average molecular weight is 222 g/mol.